The molecule has 5 heteroatoms. The van der Waals surface area contributed by atoms with Crippen LogP contribution in [0, 0.1) is 6.92 Å². The molecular weight excluding hydrogens is 232 g/mol. The van der Waals surface area contributed by atoms with Gasteiger partial charge in [-0.2, -0.15) is 0 Å². The molecule has 0 saturated carbocycles. The molecule has 1 aromatic carbocycles. The van der Waals surface area contributed by atoms with Gasteiger partial charge in [-0.15, -0.1) is 0 Å². The number of nitrogens with two attached hydrogens (primary N) is 1. The van der Waals surface area contributed by atoms with Crippen LogP contribution in [-0.2, 0) is 0 Å². The molecule has 0 unspecified atom stereocenters. The number of nitrogen functional groups attached to an aromatic ring is 1. The van der Waals surface area contributed by atoms with E-state index in [1.165, 1.54) is 6.07 Å². The van der Waals surface area contributed by atoms with Crippen molar-refractivity contribution in [2.45, 2.75) is 6.92 Å². The number of ether oxygens (including phenoxy) is 1. The van der Waals surface area contributed by atoms with Gasteiger partial charge in [-0.05, 0) is 36.8 Å². The number of hydrogen-bond acceptors (Lipinski definition) is 4. The largest absolute Gasteiger partial charge is 0.478 e. The summed E-state index contributed by atoms with van der Waals surface area (Å²) in [6.45, 7) is 1.73. The van der Waals surface area contributed by atoms with Crippen LogP contribution in [0.25, 0.3) is 0 Å². The van der Waals surface area contributed by atoms with Crippen LogP contribution in [0.1, 0.15) is 15.9 Å². The van der Waals surface area contributed by atoms with Crippen LogP contribution in [0.2, 0.25) is 0 Å². The highest BCUT2D eigenvalue weighted by Gasteiger charge is 2.12. The lowest BCUT2D eigenvalue weighted by molar-refractivity contribution is 0.0697. The van der Waals surface area contributed by atoms with E-state index in [1.807, 2.05) is 0 Å². The number of carboxylic acids is 1. The fourth-order valence-corrected chi connectivity index (χ4v) is 1.54. The second kappa shape index (κ2) is 4.75. The number of carboxylic acid groups (broad SMARTS) is 1. The number of benzene rings is 1. The number of pyridine rings is 1. The van der Waals surface area contributed by atoms with Crippen LogP contribution in [0.3, 0.4) is 0 Å². The summed E-state index contributed by atoms with van der Waals surface area (Å²) in [4.78, 5) is 14.9. The van der Waals surface area contributed by atoms with Crippen molar-refractivity contribution < 1.29 is 14.6 Å². The SMILES string of the molecule is Cc1cc(Oc2cccnc2)cc(C(=O)O)c1N. The minimum atomic E-state index is -1.08. The van der Waals surface area contributed by atoms with Gasteiger partial charge in [0.2, 0.25) is 0 Å². The molecule has 18 heavy (non-hydrogen) atoms. The Bertz CT molecular complexity index is 582. The Balaban J connectivity index is 2.38. The summed E-state index contributed by atoms with van der Waals surface area (Å²) < 4.78 is 5.52. The fraction of sp³-hybridized carbons (Fsp3) is 0.0769. The van der Waals surface area contributed by atoms with E-state index in [4.69, 9.17) is 15.6 Å². The number of hydrogen-bond donors (Lipinski definition) is 2. The molecule has 3 N–H and O–H groups in total. The molecule has 0 radical (unpaired) electrons. The summed E-state index contributed by atoms with van der Waals surface area (Å²) in [6.07, 6.45) is 3.18. The number of aromatic nitrogens is 1. The zero-order valence-electron chi connectivity index (χ0n) is 9.75. The van der Waals surface area contributed by atoms with E-state index in [2.05, 4.69) is 4.98 Å². The van der Waals surface area contributed by atoms with Gasteiger partial charge in [0, 0.05) is 11.9 Å². The maximum atomic E-state index is 11.0. The van der Waals surface area contributed by atoms with E-state index in [-0.39, 0.29) is 11.3 Å². The van der Waals surface area contributed by atoms with Crippen LogP contribution in [0.5, 0.6) is 11.5 Å². The van der Waals surface area contributed by atoms with Crippen molar-refractivity contribution in [3.05, 3.63) is 47.8 Å². The van der Waals surface area contributed by atoms with Gasteiger partial charge in [0.15, 0.2) is 0 Å². The summed E-state index contributed by atoms with van der Waals surface area (Å²) in [7, 11) is 0. The van der Waals surface area contributed by atoms with Crippen LogP contribution < -0.4 is 10.5 Å². The smallest absolute Gasteiger partial charge is 0.337 e. The molecule has 0 spiro atoms. The fourth-order valence-electron chi connectivity index (χ4n) is 1.54. The molecule has 0 atom stereocenters. The maximum Gasteiger partial charge on any atom is 0.337 e. The molecule has 1 aromatic heterocycles. The van der Waals surface area contributed by atoms with Gasteiger partial charge in [-0.25, -0.2) is 4.79 Å². The molecule has 0 saturated heterocycles. The minimum absolute atomic E-state index is 0.0360. The normalized spacial score (nSPS) is 10.1. The highest BCUT2D eigenvalue weighted by Crippen LogP contribution is 2.27. The first-order chi connectivity index (χ1) is 8.58. The Kier molecular flexibility index (Phi) is 3.14. The first-order valence-corrected chi connectivity index (χ1v) is 5.29. The summed E-state index contributed by atoms with van der Waals surface area (Å²) in [5.74, 6) is -0.114. The number of carbonyl (C=O) groups is 1. The van der Waals surface area contributed by atoms with Crippen molar-refractivity contribution in [3.63, 3.8) is 0 Å². The molecule has 0 fully saturated rings. The van der Waals surface area contributed by atoms with Crippen molar-refractivity contribution in [2.24, 2.45) is 0 Å². The van der Waals surface area contributed by atoms with E-state index >= 15 is 0 Å². The zero-order valence-corrected chi connectivity index (χ0v) is 9.75. The number of anilines is 1. The quantitative estimate of drug-likeness (QED) is 0.810. The van der Waals surface area contributed by atoms with Crippen LogP contribution in [0.4, 0.5) is 5.69 Å². The Hall–Kier alpha value is -2.56. The van der Waals surface area contributed by atoms with Gasteiger partial charge in [0.05, 0.1) is 11.8 Å². The van der Waals surface area contributed by atoms with Gasteiger partial charge in [0.25, 0.3) is 0 Å². The Morgan fingerprint density at radius 1 is 1.39 bits per heavy atom. The number of aromatic carboxylic acids is 1. The van der Waals surface area contributed by atoms with E-state index in [1.54, 1.807) is 37.5 Å². The summed E-state index contributed by atoms with van der Waals surface area (Å²) in [5, 5.41) is 9.03. The minimum Gasteiger partial charge on any atom is -0.478 e. The average Bonchev–Trinajstić information content (AvgIpc) is 2.34. The molecule has 1 heterocycles. The molecule has 2 rings (SSSR count). The predicted molar refractivity (Wildman–Crippen MR) is 66.9 cm³/mol. The predicted octanol–water partition coefficient (Wildman–Crippen LogP) is 2.46. The lowest BCUT2D eigenvalue weighted by atomic mass is 10.1. The van der Waals surface area contributed by atoms with Crippen molar-refractivity contribution in [3.8, 4) is 11.5 Å². The van der Waals surface area contributed by atoms with Gasteiger partial charge in [0.1, 0.15) is 11.5 Å². The monoisotopic (exact) mass is 244 g/mol. The molecule has 0 aliphatic rings. The molecule has 5 nitrogen and oxygen atoms in total. The third-order valence-electron chi connectivity index (χ3n) is 2.46. The van der Waals surface area contributed by atoms with E-state index in [0.717, 1.165) is 0 Å². The molecule has 92 valence electrons. The molecule has 0 aliphatic carbocycles. The molecule has 0 bridgehead atoms. The topological polar surface area (TPSA) is 85.4 Å². The van der Waals surface area contributed by atoms with Gasteiger partial charge in [-0.1, -0.05) is 0 Å². The van der Waals surface area contributed by atoms with Crippen LogP contribution in [0.15, 0.2) is 36.7 Å². The second-order valence-corrected chi connectivity index (χ2v) is 3.80. The zero-order chi connectivity index (χ0) is 13.1. The number of aryl methyl sites for hydroxylation is 1. The Morgan fingerprint density at radius 3 is 2.78 bits per heavy atom. The summed E-state index contributed by atoms with van der Waals surface area (Å²) in [5.41, 5.74) is 6.64. The number of rotatable bonds is 3. The van der Waals surface area contributed by atoms with Crippen LogP contribution >= 0.6 is 0 Å². The van der Waals surface area contributed by atoms with Gasteiger partial charge in [-0.3, -0.25) is 4.98 Å². The Morgan fingerprint density at radius 2 is 2.17 bits per heavy atom. The third kappa shape index (κ3) is 2.40. The molecule has 0 amide bonds. The summed E-state index contributed by atoms with van der Waals surface area (Å²) in [6, 6.07) is 6.56. The Labute approximate surface area is 104 Å². The molecular formula is C13H12N2O3. The standard InChI is InChI=1S/C13H12N2O3/c1-8-5-10(6-11(12(8)14)13(16)17)18-9-3-2-4-15-7-9/h2-7H,14H2,1H3,(H,16,17). The van der Waals surface area contributed by atoms with E-state index in [0.29, 0.717) is 17.1 Å². The lowest BCUT2D eigenvalue weighted by Gasteiger charge is -2.10. The van der Waals surface area contributed by atoms with E-state index < -0.39 is 5.97 Å². The second-order valence-electron chi connectivity index (χ2n) is 3.80. The number of nitrogens with zero attached hydrogens (tertiary/aromatic N) is 1. The van der Waals surface area contributed by atoms with Crippen molar-refractivity contribution >= 4 is 11.7 Å². The van der Waals surface area contributed by atoms with Crippen LogP contribution in [-0.4, -0.2) is 16.1 Å². The highest BCUT2D eigenvalue weighted by atomic mass is 16.5. The van der Waals surface area contributed by atoms with Gasteiger partial charge >= 0.3 is 5.97 Å². The first kappa shape index (κ1) is 11.9. The highest BCUT2D eigenvalue weighted by molar-refractivity contribution is 5.95. The van der Waals surface area contributed by atoms with E-state index in [9.17, 15) is 4.79 Å². The maximum absolute atomic E-state index is 11.0. The first-order valence-electron chi connectivity index (χ1n) is 5.29. The molecule has 2 aromatic rings. The summed E-state index contributed by atoms with van der Waals surface area (Å²) >= 11 is 0. The van der Waals surface area contributed by atoms with Crippen molar-refractivity contribution in [2.75, 3.05) is 5.73 Å². The average molecular weight is 244 g/mol. The van der Waals surface area contributed by atoms with Crippen molar-refractivity contribution in [1.82, 2.24) is 4.98 Å². The van der Waals surface area contributed by atoms with Crippen molar-refractivity contribution in [1.29, 1.82) is 0 Å². The lowest BCUT2D eigenvalue weighted by Crippen LogP contribution is -2.04. The van der Waals surface area contributed by atoms with Gasteiger partial charge < -0.3 is 15.6 Å². The third-order valence-corrected chi connectivity index (χ3v) is 2.46. The molecule has 0 aliphatic heterocycles.